The zero-order valence-corrected chi connectivity index (χ0v) is 10.7. The van der Waals surface area contributed by atoms with Gasteiger partial charge in [-0.2, -0.15) is 5.26 Å². The fourth-order valence-electron chi connectivity index (χ4n) is 2.48. The van der Waals surface area contributed by atoms with E-state index in [1.54, 1.807) is 0 Å². The van der Waals surface area contributed by atoms with Gasteiger partial charge in [-0.1, -0.05) is 48.5 Å². The topological polar surface area (TPSA) is 23.8 Å². The number of nitriles is 1. The largest absolute Gasteiger partial charge is 0.192 e. The van der Waals surface area contributed by atoms with Crippen LogP contribution >= 0.6 is 0 Å². The third-order valence-corrected chi connectivity index (χ3v) is 3.44. The molecule has 0 N–H and O–H groups in total. The van der Waals surface area contributed by atoms with Crippen molar-refractivity contribution in [1.29, 1.82) is 5.26 Å². The van der Waals surface area contributed by atoms with E-state index in [9.17, 15) is 0 Å². The summed E-state index contributed by atoms with van der Waals surface area (Å²) in [7, 11) is 0. The van der Waals surface area contributed by atoms with Crippen LogP contribution in [-0.4, -0.2) is 0 Å². The van der Waals surface area contributed by atoms with E-state index in [-0.39, 0.29) is 0 Å². The average molecular weight is 243 g/mol. The van der Waals surface area contributed by atoms with Crippen LogP contribution in [-0.2, 0) is 0 Å². The number of hydrogen-bond donors (Lipinski definition) is 0. The molecule has 0 bridgehead atoms. The van der Waals surface area contributed by atoms with Gasteiger partial charge >= 0.3 is 0 Å². The first-order valence-electron chi connectivity index (χ1n) is 6.28. The molecule has 0 aliphatic rings. The van der Waals surface area contributed by atoms with Crippen molar-refractivity contribution in [3.8, 4) is 17.2 Å². The summed E-state index contributed by atoms with van der Waals surface area (Å²) in [5.74, 6) is 0. The van der Waals surface area contributed by atoms with Crippen molar-refractivity contribution in [2.45, 2.75) is 6.92 Å². The van der Waals surface area contributed by atoms with Crippen molar-refractivity contribution in [3.63, 3.8) is 0 Å². The first-order chi connectivity index (χ1) is 9.29. The maximum Gasteiger partial charge on any atom is 0.0991 e. The second-order valence-corrected chi connectivity index (χ2v) is 4.67. The van der Waals surface area contributed by atoms with E-state index in [0.717, 1.165) is 5.56 Å². The number of aryl methyl sites for hydroxylation is 1. The Bertz CT molecular complexity index is 777. The summed E-state index contributed by atoms with van der Waals surface area (Å²) < 4.78 is 0. The van der Waals surface area contributed by atoms with E-state index in [2.05, 4.69) is 49.4 Å². The van der Waals surface area contributed by atoms with Crippen molar-refractivity contribution >= 4 is 10.8 Å². The molecule has 0 unspecified atom stereocenters. The molecule has 0 saturated heterocycles. The number of fused-ring (bicyclic) bond motifs is 1. The molecule has 0 aromatic heterocycles. The molecule has 3 aromatic rings. The van der Waals surface area contributed by atoms with E-state index in [4.69, 9.17) is 5.26 Å². The molecule has 3 rings (SSSR count). The molecule has 0 heterocycles. The molecule has 0 spiro atoms. The predicted octanol–water partition coefficient (Wildman–Crippen LogP) is 4.69. The molecular weight excluding hydrogens is 230 g/mol. The maximum atomic E-state index is 8.88. The quantitative estimate of drug-likeness (QED) is 0.608. The van der Waals surface area contributed by atoms with Crippen LogP contribution in [0.3, 0.4) is 0 Å². The van der Waals surface area contributed by atoms with E-state index in [1.807, 2.05) is 24.3 Å². The van der Waals surface area contributed by atoms with Crippen LogP contribution < -0.4 is 0 Å². The summed E-state index contributed by atoms with van der Waals surface area (Å²) in [4.78, 5) is 0. The number of benzene rings is 3. The Labute approximate surface area is 112 Å². The van der Waals surface area contributed by atoms with Gasteiger partial charge in [0.25, 0.3) is 0 Å². The van der Waals surface area contributed by atoms with Gasteiger partial charge in [0.05, 0.1) is 11.6 Å². The van der Waals surface area contributed by atoms with Gasteiger partial charge in [-0.25, -0.2) is 0 Å². The third-order valence-electron chi connectivity index (χ3n) is 3.44. The van der Waals surface area contributed by atoms with Crippen LogP contribution in [0.2, 0.25) is 0 Å². The second-order valence-electron chi connectivity index (χ2n) is 4.67. The fourth-order valence-corrected chi connectivity index (χ4v) is 2.48. The van der Waals surface area contributed by atoms with Crippen molar-refractivity contribution < 1.29 is 0 Å². The molecule has 0 saturated carbocycles. The molecule has 1 heteroatoms. The summed E-state index contributed by atoms with van der Waals surface area (Å²) in [6, 6.07) is 22.6. The van der Waals surface area contributed by atoms with E-state index in [1.165, 1.54) is 21.9 Å². The lowest BCUT2D eigenvalue weighted by Gasteiger charge is -2.10. The molecule has 90 valence electrons. The first-order valence-corrected chi connectivity index (χ1v) is 6.28. The van der Waals surface area contributed by atoms with Gasteiger partial charge in [-0.05, 0) is 46.5 Å². The minimum absolute atomic E-state index is 0.696. The minimum atomic E-state index is 0.696. The van der Waals surface area contributed by atoms with Gasteiger partial charge < -0.3 is 0 Å². The standard InChI is InChI=1S/C18H13N/c1-13-6-9-15-4-2-3-5-17(15)18(13)16-10-7-14(12-19)8-11-16/h2-11H,1H3. The van der Waals surface area contributed by atoms with Crippen LogP contribution in [0.5, 0.6) is 0 Å². The predicted molar refractivity (Wildman–Crippen MR) is 78.8 cm³/mol. The van der Waals surface area contributed by atoms with Crippen LogP contribution in [0.15, 0.2) is 60.7 Å². The van der Waals surface area contributed by atoms with Crippen molar-refractivity contribution in [2.24, 2.45) is 0 Å². The zero-order chi connectivity index (χ0) is 13.2. The minimum Gasteiger partial charge on any atom is -0.192 e. The van der Waals surface area contributed by atoms with Crippen LogP contribution in [0.1, 0.15) is 11.1 Å². The molecule has 1 nitrogen and oxygen atoms in total. The first kappa shape index (κ1) is 11.5. The lowest BCUT2D eigenvalue weighted by atomic mass is 9.93. The highest BCUT2D eigenvalue weighted by Gasteiger charge is 2.06. The monoisotopic (exact) mass is 243 g/mol. The van der Waals surface area contributed by atoms with Crippen molar-refractivity contribution in [2.75, 3.05) is 0 Å². The zero-order valence-electron chi connectivity index (χ0n) is 10.7. The van der Waals surface area contributed by atoms with Crippen molar-refractivity contribution in [3.05, 3.63) is 71.8 Å². The summed E-state index contributed by atoms with van der Waals surface area (Å²) in [6.45, 7) is 2.12. The summed E-state index contributed by atoms with van der Waals surface area (Å²) in [5.41, 5.74) is 4.36. The Kier molecular flexibility index (Phi) is 2.78. The Morgan fingerprint density at radius 3 is 2.32 bits per heavy atom. The Morgan fingerprint density at radius 1 is 0.842 bits per heavy atom. The summed E-state index contributed by atoms with van der Waals surface area (Å²) in [6.07, 6.45) is 0. The smallest absolute Gasteiger partial charge is 0.0991 e. The Morgan fingerprint density at radius 2 is 1.58 bits per heavy atom. The molecule has 19 heavy (non-hydrogen) atoms. The number of rotatable bonds is 1. The van der Waals surface area contributed by atoms with Crippen LogP contribution in [0.25, 0.3) is 21.9 Å². The van der Waals surface area contributed by atoms with E-state index >= 15 is 0 Å². The van der Waals surface area contributed by atoms with Gasteiger partial charge in [0.2, 0.25) is 0 Å². The molecular formula is C18H13N. The lowest BCUT2D eigenvalue weighted by molar-refractivity contribution is 1.46. The van der Waals surface area contributed by atoms with Gasteiger partial charge in [0.1, 0.15) is 0 Å². The maximum absolute atomic E-state index is 8.88. The SMILES string of the molecule is Cc1ccc2ccccc2c1-c1ccc(C#N)cc1. The molecule has 0 radical (unpaired) electrons. The highest BCUT2D eigenvalue weighted by molar-refractivity contribution is 5.98. The van der Waals surface area contributed by atoms with E-state index < -0.39 is 0 Å². The molecule has 3 aromatic carbocycles. The molecule has 0 fully saturated rings. The third kappa shape index (κ3) is 1.98. The molecule has 0 aliphatic heterocycles. The number of hydrogen-bond acceptors (Lipinski definition) is 1. The highest BCUT2D eigenvalue weighted by Crippen LogP contribution is 2.31. The average Bonchev–Trinajstić information content (AvgIpc) is 2.47. The van der Waals surface area contributed by atoms with Gasteiger partial charge in [0.15, 0.2) is 0 Å². The van der Waals surface area contributed by atoms with Crippen LogP contribution in [0, 0.1) is 18.3 Å². The molecule has 0 atom stereocenters. The second kappa shape index (κ2) is 4.59. The van der Waals surface area contributed by atoms with Gasteiger partial charge in [-0.15, -0.1) is 0 Å². The Hall–Kier alpha value is -2.59. The lowest BCUT2D eigenvalue weighted by Crippen LogP contribution is -1.86. The van der Waals surface area contributed by atoms with Gasteiger partial charge in [0, 0.05) is 0 Å². The highest BCUT2D eigenvalue weighted by atomic mass is 14.2. The number of nitrogens with zero attached hydrogens (tertiary/aromatic N) is 1. The molecule has 0 amide bonds. The summed E-state index contributed by atoms with van der Waals surface area (Å²) >= 11 is 0. The van der Waals surface area contributed by atoms with Crippen LogP contribution in [0.4, 0.5) is 0 Å². The van der Waals surface area contributed by atoms with Crippen molar-refractivity contribution in [1.82, 2.24) is 0 Å². The van der Waals surface area contributed by atoms with Gasteiger partial charge in [-0.3, -0.25) is 0 Å². The fraction of sp³-hybridized carbons (Fsp3) is 0.0556. The van der Waals surface area contributed by atoms with E-state index in [0.29, 0.717) is 5.56 Å². The Balaban J connectivity index is 2.29. The normalized spacial score (nSPS) is 10.3. The molecule has 0 aliphatic carbocycles. The summed E-state index contributed by atoms with van der Waals surface area (Å²) in [5, 5.41) is 11.4.